The van der Waals surface area contributed by atoms with Crippen LogP contribution < -0.4 is 0 Å². The van der Waals surface area contributed by atoms with E-state index in [-0.39, 0.29) is 16.5 Å². The first-order valence-corrected chi connectivity index (χ1v) is 12.0. The number of hydrogen-bond acceptors (Lipinski definition) is 1. The predicted octanol–water partition coefficient (Wildman–Crippen LogP) is 8.06. The number of alkyl halides is 8. The third kappa shape index (κ3) is 4.36. The molecule has 0 amide bonds. The first-order chi connectivity index (χ1) is 15.5. The summed E-state index contributed by atoms with van der Waals surface area (Å²) in [5, 5.41) is -6.18. The molecule has 0 spiro atoms. The summed E-state index contributed by atoms with van der Waals surface area (Å²) in [4.78, 5) is 0. The van der Waals surface area contributed by atoms with Crippen LogP contribution in [0.1, 0.15) is 24.0 Å². The van der Waals surface area contributed by atoms with Gasteiger partial charge < -0.3 is 0 Å². The van der Waals surface area contributed by atoms with Gasteiger partial charge >= 0.3 is 17.4 Å². The maximum Gasteiger partial charge on any atom is 0.461 e. The molecule has 0 bridgehead atoms. The standard InChI is InChI=1S/C21H13Br2F9OS/c22-12-9-17(23,13-5-1-3-7-15(13)24)11-18(10-12,14-6-2-4-8-16(14)25)34(33)21(31,32)19(26,27)20(28,29)30/h1-8,10H,9,11H2. The van der Waals surface area contributed by atoms with Crippen LogP contribution >= 0.6 is 31.9 Å². The van der Waals surface area contributed by atoms with Crippen LogP contribution in [0.3, 0.4) is 0 Å². The van der Waals surface area contributed by atoms with E-state index in [1.54, 1.807) is 0 Å². The molecule has 2 aromatic carbocycles. The van der Waals surface area contributed by atoms with E-state index in [0.29, 0.717) is 0 Å². The summed E-state index contributed by atoms with van der Waals surface area (Å²) in [6.45, 7) is 0. The van der Waals surface area contributed by atoms with Crippen LogP contribution in [-0.2, 0) is 19.9 Å². The predicted molar refractivity (Wildman–Crippen MR) is 115 cm³/mol. The highest BCUT2D eigenvalue weighted by Gasteiger charge is 2.78. The van der Waals surface area contributed by atoms with Crippen molar-refractivity contribution in [2.75, 3.05) is 0 Å². The third-order valence-corrected chi connectivity index (χ3v) is 8.72. The molecule has 0 heterocycles. The summed E-state index contributed by atoms with van der Waals surface area (Å²) >= 11 is 6.20. The van der Waals surface area contributed by atoms with E-state index in [4.69, 9.17) is 0 Å². The average Bonchev–Trinajstić information content (AvgIpc) is 2.72. The van der Waals surface area contributed by atoms with Crippen molar-refractivity contribution in [2.45, 2.75) is 39.3 Å². The fourth-order valence-corrected chi connectivity index (χ4v) is 8.27. The number of rotatable bonds is 5. The molecule has 0 radical (unpaired) electrons. The molecule has 0 aliphatic heterocycles. The van der Waals surface area contributed by atoms with Crippen LogP contribution in [0.5, 0.6) is 0 Å². The van der Waals surface area contributed by atoms with Crippen molar-refractivity contribution in [1.29, 1.82) is 0 Å². The minimum atomic E-state index is -6.75. The number of hydrogen-bond donors (Lipinski definition) is 0. The molecule has 1 aliphatic rings. The van der Waals surface area contributed by atoms with Gasteiger partial charge in [-0.1, -0.05) is 74.3 Å². The second-order valence-corrected chi connectivity index (χ2v) is 11.9. The monoisotopic (exact) mass is 642 g/mol. The van der Waals surface area contributed by atoms with Gasteiger partial charge in [-0.25, -0.2) is 8.78 Å². The van der Waals surface area contributed by atoms with E-state index in [0.717, 1.165) is 36.4 Å². The normalized spacial score (nSPS) is 25.1. The Morgan fingerprint density at radius 2 is 1.29 bits per heavy atom. The molecular weight excluding hydrogens is 631 g/mol. The van der Waals surface area contributed by atoms with Gasteiger partial charge in [-0.3, -0.25) is 4.21 Å². The highest BCUT2D eigenvalue weighted by atomic mass is 79.9. The lowest BCUT2D eigenvalue weighted by Gasteiger charge is -2.45. The topological polar surface area (TPSA) is 17.1 Å². The number of halogens is 11. The molecule has 1 aliphatic carbocycles. The Morgan fingerprint density at radius 3 is 1.76 bits per heavy atom. The van der Waals surface area contributed by atoms with Gasteiger partial charge in [0.05, 0.1) is 4.32 Å². The Hall–Kier alpha value is -1.34. The molecule has 3 atom stereocenters. The molecule has 3 unspecified atom stereocenters. The van der Waals surface area contributed by atoms with Crippen LogP contribution in [-0.4, -0.2) is 21.6 Å². The largest absolute Gasteiger partial charge is 0.461 e. The Bertz CT molecular complexity index is 1150. The molecule has 0 fully saturated rings. The van der Waals surface area contributed by atoms with Gasteiger partial charge in [0, 0.05) is 11.1 Å². The highest BCUT2D eigenvalue weighted by molar-refractivity contribution is 9.12. The summed E-state index contributed by atoms with van der Waals surface area (Å²) in [6.07, 6.45) is -7.16. The van der Waals surface area contributed by atoms with Crippen molar-refractivity contribution in [3.05, 3.63) is 81.9 Å². The summed E-state index contributed by atoms with van der Waals surface area (Å²) < 4.78 is 134. The summed E-state index contributed by atoms with van der Waals surface area (Å²) in [5.74, 6) is -8.85. The number of benzene rings is 2. The van der Waals surface area contributed by atoms with Gasteiger partial charge in [-0.15, -0.1) is 0 Å². The molecule has 186 valence electrons. The molecule has 34 heavy (non-hydrogen) atoms. The van der Waals surface area contributed by atoms with Crippen molar-refractivity contribution in [3.63, 3.8) is 0 Å². The Kier molecular flexibility index (Phi) is 7.17. The fourth-order valence-electron chi connectivity index (χ4n) is 3.82. The van der Waals surface area contributed by atoms with Crippen LogP contribution in [0.15, 0.2) is 59.1 Å². The van der Waals surface area contributed by atoms with E-state index >= 15 is 0 Å². The molecule has 0 N–H and O–H groups in total. The Balaban J connectivity index is 2.33. The third-order valence-electron chi connectivity index (χ3n) is 5.35. The smallest absolute Gasteiger partial charge is 0.252 e. The second kappa shape index (κ2) is 8.95. The molecule has 13 heteroatoms. The summed E-state index contributed by atoms with van der Waals surface area (Å²) in [6, 6.07) is 8.77. The molecule has 3 rings (SSSR count). The zero-order valence-corrected chi connectivity index (χ0v) is 20.6. The van der Waals surface area contributed by atoms with E-state index in [2.05, 4.69) is 31.9 Å². The van der Waals surface area contributed by atoms with Crippen LogP contribution in [0, 0.1) is 11.6 Å². The van der Waals surface area contributed by atoms with E-state index in [1.165, 1.54) is 18.2 Å². The molecular formula is C21H13Br2F9OS. The lowest BCUT2D eigenvalue weighted by Crippen LogP contribution is -2.58. The minimum Gasteiger partial charge on any atom is -0.252 e. The van der Waals surface area contributed by atoms with Gasteiger partial charge in [0.25, 0.3) is 0 Å². The quantitative estimate of drug-likeness (QED) is 0.238. The zero-order chi connectivity index (χ0) is 25.7. The summed E-state index contributed by atoms with van der Waals surface area (Å²) in [5.41, 5.74) is -0.994. The second-order valence-electron chi connectivity index (χ2n) is 7.62. The first kappa shape index (κ1) is 27.3. The first-order valence-electron chi connectivity index (χ1n) is 9.30. The molecule has 0 saturated carbocycles. The molecule has 1 nitrogen and oxygen atoms in total. The molecule has 2 aromatic rings. The maximum atomic E-state index is 14.8. The van der Waals surface area contributed by atoms with E-state index in [9.17, 15) is 43.7 Å². The van der Waals surface area contributed by atoms with E-state index < -0.39 is 60.8 Å². The van der Waals surface area contributed by atoms with Gasteiger partial charge in [0.2, 0.25) is 0 Å². The Labute approximate surface area is 207 Å². The van der Waals surface area contributed by atoms with Crippen LogP contribution in [0.25, 0.3) is 0 Å². The maximum absolute atomic E-state index is 14.8. The lowest BCUT2D eigenvalue weighted by molar-refractivity contribution is -0.331. The van der Waals surface area contributed by atoms with Crippen molar-refractivity contribution in [3.8, 4) is 0 Å². The van der Waals surface area contributed by atoms with Crippen molar-refractivity contribution in [2.24, 2.45) is 0 Å². The number of allylic oxidation sites excluding steroid dienone is 1. The van der Waals surface area contributed by atoms with E-state index in [1.807, 2.05) is 0 Å². The van der Waals surface area contributed by atoms with Gasteiger partial charge in [-0.2, -0.15) is 30.7 Å². The SMILES string of the molecule is O=S(C1(c2ccccc2F)C=C(Br)CC(Br)(c2ccccc2F)C1)C(F)(F)C(F)(F)C(F)(F)F. The fraction of sp³-hybridized carbons (Fsp3) is 0.333. The van der Waals surface area contributed by atoms with Crippen molar-refractivity contribution < 1.29 is 43.7 Å². The average molecular weight is 644 g/mol. The highest BCUT2D eigenvalue weighted by Crippen LogP contribution is 2.59. The molecule has 0 saturated heterocycles. The minimum absolute atomic E-state index is 0.0957. The zero-order valence-electron chi connectivity index (χ0n) is 16.6. The van der Waals surface area contributed by atoms with Crippen LogP contribution in [0.2, 0.25) is 0 Å². The van der Waals surface area contributed by atoms with Gasteiger partial charge in [0.1, 0.15) is 27.2 Å². The van der Waals surface area contributed by atoms with Crippen molar-refractivity contribution in [1.82, 2.24) is 0 Å². The van der Waals surface area contributed by atoms with Crippen LogP contribution in [0.4, 0.5) is 39.5 Å². The van der Waals surface area contributed by atoms with Crippen molar-refractivity contribution >= 4 is 42.7 Å². The Morgan fingerprint density at radius 1 is 0.824 bits per heavy atom. The van der Waals surface area contributed by atoms with Gasteiger partial charge in [0.15, 0.2) is 0 Å². The lowest BCUT2D eigenvalue weighted by atomic mass is 9.78. The van der Waals surface area contributed by atoms with Gasteiger partial charge in [-0.05, 0) is 29.5 Å². The summed E-state index contributed by atoms with van der Waals surface area (Å²) in [7, 11) is -4.40. The molecule has 0 aromatic heterocycles.